The van der Waals surface area contributed by atoms with Crippen LogP contribution >= 0.6 is 0 Å². The van der Waals surface area contributed by atoms with Crippen molar-refractivity contribution in [2.24, 2.45) is 0 Å². The zero-order valence-corrected chi connectivity index (χ0v) is 19.0. The number of hydrogen-bond acceptors (Lipinski definition) is 6. The fourth-order valence-corrected chi connectivity index (χ4v) is 6.71. The van der Waals surface area contributed by atoms with Gasteiger partial charge in [-0.3, -0.25) is 4.79 Å². The lowest BCUT2D eigenvalue weighted by Crippen LogP contribution is -2.74. The van der Waals surface area contributed by atoms with Gasteiger partial charge in [-0.1, -0.05) is 42.5 Å². The van der Waals surface area contributed by atoms with Crippen molar-refractivity contribution >= 4 is 5.97 Å². The fourth-order valence-electron chi connectivity index (χ4n) is 6.71. The number of nitrogens with zero attached hydrogens (tertiary/aromatic N) is 1. The molecule has 0 saturated carbocycles. The first-order valence-corrected chi connectivity index (χ1v) is 11.7. The second-order valence-corrected chi connectivity index (χ2v) is 9.95. The summed E-state index contributed by atoms with van der Waals surface area (Å²) in [5.41, 5.74) is 2.03. The molecule has 4 aliphatic rings. The van der Waals surface area contributed by atoms with E-state index in [9.17, 15) is 15.0 Å². The lowest BCUT2D eigenvalue weighted by Gasteiger charge is -2.61. The predicted octanol–water partition coefficient (Wildman–Crippen LogP) is 2.80. The van der Waals surface area contributed by atoms with Crippen LogP contribution in [0.2, 0.25) is 0 Å². The van der Waals surface area contributed by atoms with Gasteiger partial charge in [0.05, 0.1) is 23.5 Å². The van der Waals surface area contributed by atoms with Crippen molar-refractivity contribution < 1.29 is 24.5 Å². The number of benzene rings is 2. The fraction of sp³-hybridized carbons (Fsp3) is 0.444. The minimum atomic E-state index is -1.03. The van der Waals surface area contributed by atoms with Crippen molar-refractivity contribution in [1.82, 2.24) is 4.90 Å². The van der Waals surface area contributed by atoms with E-state index >= 15 is 0 Å². The molecular formula is C27H29NO5. The van der Waals surface area contributed by atoms with Crippen molar-refractivity contribution in [3.05, 3.63) is 76.6 Å². The van der Waals surface area contributed by atoms with Crippen molar-refractivity contribution in [3.8, 4) is 5.75 Å². The van der Waals surface area contributed by atoms with Crippen LogP contribution in [-0.2, 0) is 28.0 Å². The molecule has 6 nitrogen and oxygen atoms in total. The van der Waals surface area contributed by atoms with E-state index in [1.165, 1.54) is 0 Å². The van der Waals surface area contributed by atoms with Gasteiger partial charge in [-0.15, -0.1) is 0 Å². The highest BCUT2D eigenvalue weighted by atomic mass is 16.6. The number of likely N-dealkylation sites (tertiary alicyclic amines) is 1. The smallest absolute Gasteiger partial charge is 0.318 e. The number of piperidine rings is 1. The molecule has 1 saturated heterocycles. The Labute approximate surface area is 193 Å². The third-order valence-electron chi connectivity index (χ3n) is 8.50. The maximum Gasteiger partial charge on any atom is 0.318 e. The van der Waals surface area contributed by atoms with Gasteiger partial charge < -0.3 is 24.6 Å². The van der Waals surface area contributed by atoms with Crippen LogP contribution in [0.15, 0.2) is 54.3 Å². The maximum atomic E-state index is 13.1. The van der Waals surface area contributed by atoms with Gasteiger partial charge in [0.1, 0.15) is 11.5 Å². The SMILES string of the molecule is C[C@@H](C(=O)OC1=CC[C@@]2(O)[C@H]3Cc4ccc(CO)c5c4[C@@]2(CCN3C)[C@H]1O5)c1ccccc1. The van der Waals surface area contributed by atoms with Crippen LogP contribution in [0.3, 0.4) is 0 Å². The number of carbonyl (C=O) groups excluding carboxylic acids is 1. The van der Waals surface area contributed by atoms with Gasteiger partial charge in [0, 0.05) is 23.6 Å². The molecule has 2 aliphatic heterocycles. The molecule has 6 heteroatoms. The van der Waals surface area contributed by atoms with Crippen LogP contribution in [0.5, 0.6) is 5.75 Å². The normalized spacial score (nSPS) is 32.4. The monoisotopic (exact) mass is 447 g/mol. The van der Waals surface area contributed by atoms with E-state index in [1.807, 2.05) is 49.4 Å². The Morgan fingerprint density at radius 2 is 2.06 bits per heavy atom. The van der Waals surface area contributed by atoms with E-state index in [-0.39, 0.29) is 18.6 Å². The molecule has 33 heavy (non-hydrogen) atoms. The van der Waals surface area contributed by atoms with Gasteiger partial charge in [-0.2, -0.15) is 0 Å². The van der Waals surface area contributed by atoms with Crippen molar-refractivity contribution in [2.45, 2.75) is 61.9 Å². The Hall–Kier alpha value is -2.67. The number of ether oxygens (including phenoxy) is 2. The predicted molar refractivity (Wildman–Crippen MR) is 122 cm³/mol. The largest absolute Gasteiger partial charge is 0.481 e. The van der Waals surface area contributed by atoms with Crippen molar-refractivity contribution in [3.63, 3.8) is 0 Å². The third-order valence-corrected chi connectivity index (χ3v) is 8.50. The Morgan fingerprint density at radius 1 is 1.27 bits per heavy atom. The molecule has 0 aromatic heterocycles. The summed E-state index contributed by atoms with van der Waals surface area (Å²) in [4.78, 5) is 15.4. The number of likely N-dealkylation sites (N-methyl/N-ethyl adjacent to an activating group) is 1. The standard InChI is InChI=1S/C27H29NO5/c1-16(17-6-4-3-5-7-17)25(30)32-20-10-11-27(31)21-14-18-8-9-19(15-29)23-22(18)26(27,24(20)33-23)12-13-28(21)2/h3-10,16,21,24,29,31H,11-15H2,1-2H3/t16-,21-,24+,26+,27-/m1/s1. The van der Waals surface area contributed by atoms with Gasteiger partial charge >= 0.3 is 5.97 Å². The summed E-state index contributed by atoms with van der Waals surface area (Å²) in [6, 6.07) is 13.5. The van der Waals surface area contributed by atoms with Crippen LogP contribution in [0, 0.1) is 0 Å². The summed E-state index contributed by atoms with van der Waals surface area (Å²) in [5.74, 6) is 0.371. The molecule has 172 valence electrons. The van der Waals surface area contributed by atoms with Gasteiger partial charge in [0.2, 0.25) is 0 Å². The summed E-state index contributed by atoms with van der Waals surface area (Å²) in [6.45, 7) is 2.52. The Kier molecular flexibility index (Phi) is 4.54. The molecule has 2 aliphatic carbocycles. The molecule has 2 bridgehead atoms. The van der Waals surface area contributed by atoms with Crippen LogP contribution in [-0.4, -0.2) is 52.4 Å². The highest BCUT2D eigenvalue weighted by Gasteiger charge is 2.71. The number of esters is 1. The molecule has 6 rings (SSSR count). The van der Waals surface area contributed by atoms with Crippen LogP contribution < -0.4 is 4.74 Å². The first kappa shape index (κ1) is 20.9. The molecule has 2 aromatic carbocycles. The zero-order valence-electron chi connectivity index (χ0n) is 19.0. The Morgan fingerprint density at radius 3 is 2.82 bits per heavy atom. The lowest BCUT2D eigenvalue weighted by atomic mass is 9.50. The molecule has 2 heterocycles. The Bertz CT molecular complexity index is 1160. The number of carbonyl (C=O) groups is 1. The number of hydrogen-bond donors (Lipinski definition) is 2. The molecule has 2 N–H and O–H groups in total. The quantitative estimate of drug-likeness (QED) is 0.702. The molecule has 1 fully saturated rings. The lowest BCUT2D eigenvalue weighted by molar-refractivity contribution is -0.169. The second kappa shape index (κ2) is 7.16. The van der Waals surface area contributed by atoms with E-state index in [4.69, 9.17) is 9.47 Å². The minimum Gasteiger partial charge on any atom is -0.481 e. The highest BCUT2D eigenvalue weighted by Crippen LogP contribution is 2.64. The number of rotatable bonds is 4. The van der Waals surface area contributed by atoms with Gasteiger partial charge in [0.15, 0.2) is 6.10 Å². The number of aliphatic hydroxyl groups is 2. The molecule has 1 spiro atoms. The first-order valence-electron chi connectivity index (χ1n) is 11.7. The van der Waals surface area contributed by atoms with Crippen molar-refractivity contribution in [1.29, 1.82) is 0 Å². The molecule has 0 unspecified atom stereocenters. The zero-order chi connectivity index (χ0) is 23.0. The first-order chi connectivity index (χ1) is 15.9. The van der Waals surface area contributed by atoms with E-state index < -0.39 is 23.0 Å². The molecule has 5 atom stereocenters. The van der Waals surface area contributed by atoms with Gasteiger partial charge in [-0.25, -0.2) is 0 Å². The average molecular weight is 448 g/mol. The highest BCUT2D eigenvalue weighted by molar-refractivity contribution is 5.79. The van der Waals surface area contributed by atoms with E-state index in [2.05, 4.69) is 18.0 Å². The number of aliphatic hydroxyl groups excluding tert-OH is 1. The molecule has 0 amide bonds. The second-order valence-electron chi connectivity index (χ2n) is 9.95. The van der Waals surface area contributed by atoms with E-state index in [0.29, 0.717) is 29.9 Å². The third kappa shape index (κ3) is 2.63. The van der Waals surface area contributed by atoms with E-state index in [0.717, 1.165) is 29.7 Å². The van der Waals surface area contributed by atoms with Gasteiger partial charge in [-0.05, 0) is 50.6 Å². The molecule has 2 aromatic rings. The summed E-state index contributed by atoms with van der Waals surface area (Å²) in [7, 11) is 2.06. The summed E-state index contributed by atoms with van der Waals surface area (Å²) >= 11 is 0. The Balaban J connectivity index is 1.44. The van der Waals surface area contributed by atoms with Crippen LogP contribution in [0.4, 0.5) is 0 Å². The summed E-state index contributed by atoms with van der Waals surface area (Å²) in [6.07, 6.45) is 3.07. The average Bonchev–Trinajstić information content (AvgIpc) is 3.19. The molecular weight excluding hydrogens is 418 g/mol. The van der Waals surface area contributed by atoms with Gasteiger partial charge in [0.25, 0.3) is 0 Å². The minimum absolute atomic E-state index is 0.0486. The van der Waals surface area contributed by atoms with E-state index in [1.54, 1.807) is 0 Å². The van der Waals surface area contributed by atoms with Crippen LogP contribution in [0.25, 0.3) is 0 Å². The van der Waals surface area contributed by atoms with Crippen LogP contribution in [0.1, 0.15) is 47.9 Å². The maximum absolute atomic E-state index is 13.1. The summed E-state index contributed by atoms with van der Waals surface area (Å²) in [5, 5.41) is 22.2. The summed E-state index contributed by atoms with van der Waals surface area (Å²) < 4.78 is 12.5. The molecule has 0 radical (unpaired) electrons. The topological polar surface area (TPSA) is 79.2 Å². The van der Waals surface area contributed by atoms with Crippen molar-refractivity contribution in [2.75, 3.05) is 13.6 Å².